The highest BCUT2D eigenvalue weighted by Gasteiger charge is 2.26. The lowest BCUT2D eigenvalue weighted by Crippen LogP contribution is -2.34. The number of aliphatic imine (C=N–C) groups is 1. The van der Waals surface area contributed by atoms with E-state index in [1.54, 1.807) is 18.5 Å². The molecule has 0 radical (unpaired) electrons. The second kappa shape index (κ2) is 7.25. The van der Waals surface area contributed by atoms with Gasteiger partial charge in [-0.3, -0.25) is 0 Å². The van der Waals surface area contributed by atoms with E-state index in [9.17, 15) is 5.11 Å². The molecule has 0 spiro atoms. The summed E-state index contributed by atoms with van der Waals surface area (Å²) in [5.74, 6) is 1.58. The summed E-state index contributed by atoms with van der Waals surface area (Å²) in [6.07, 6.45) is 8.00. The number of H-pyrrole nitrogens is 1. The SMILES string of the molecule is N/C(=C1\NC=Nc2[nH]ccc21)C1CCC(NCc2ccc(O)cc2)CC1. The van der Waals surface area contributed by atoms with Gasteiger partial charge in [-0.25, -0.2) is 4.99 Å². The van der Waals surface area contributed by atoms with Crippen molar-refractivity contribution in [2.45, 2.75) is 38.3 Å². The van der Waals surface area contributed by atoms with Crippen LogP contribution in [0.5, 0.6) is 5.75 Å². The fourth-order valence-electron chi connectivity index (χ4n) is 3.84. The molecule has 1 aliphatic carbocycles. The van der Waals surface area contributed by atoms with Crippen LogP contribution in [0.15, 0.2) is 47.2 Å². The summed E-state index contributed by atoms with van der Waals surface area (Å²) >= 11 is 0. The van der Waals surface area contributed by atoms with Crippen molar-refractivity contribution in [3.63, 3.8) is 0 Å². The number of phenolic OH excluding ortho intramolecular Hbond substituents is 1. The van der Waals surface area contributed by atoms with Gasteiger partial charge >= 0.3 is 0 Å². The van der Waals surface area contributed by atoms with Crippen LogP contribution in [-0.2, 0) is 6.54 Å². The molecular weight excluding hydrogens is 326 g/mol. The van der Waals surface area contributed by atoms with Crippen LogP contribution in [0.3, 0.4) is 0 Å². The molecular formula is C20H25N5O. The molecule has 1 fully saturated rings. The molecule has 0 unspecified atom stereocenters. The number of nitrogens with zero attached hydrogens (tertiary/aromatic N) is 1. The van der Waals surface area contributed by atoms with Gasteiger partial charge in [-0.1, -0.05) is 12.1 Å². The Kier molecular flexibility index (Phi) is 4.67. The van der Waals surface area contributed by atoms with E-state index in [4.69, 9.17) is 5.73 Å². The van der Waals surface area contributed by atoms with Crippen molar-refractivity contribution in [2.24, 2.45) is 16.6 Å². The number of allylic oxidation sites excluding steroid dienone is 1. The van der Waals surface area contributed by atoms with Crippen LogP contribution >= 0.6 is 0 Å². The lowest BCUT2D eigenvalue weighted by molar-refractivity contribution is 0.316. The van der Waals surface area contributed by atoms with Crippen LogP contribution in [0, 0.1) is 5.92 Å². The van der Waals surface area contributed by atoms with Gasteiger partial charge in [-0.05, 0) is 49.4 Å². The van der Waals surface area contributed by atoms with E-state index >= 15 is 0 Å². The predicted molar refractivity (Wildman–Crippen MR) is 104 cm³/mol. The topological polar surface area (TPSA) is 98.5 Å². The Balaban J connectivity index is 1.34. The average Bonchev–Trinajstić information content (AvgIpc) is 3.16. The van der Waals surface area contributed by atoms with E-state index in [1.165, 1.54) is 5.56 Å². The highest BCUT2D eigenvalue weighted by atomic mass is 16.3. The number of aromatic amines is 1. The summed E-state index contributed by atoms with van der Waals surface area (Å²) in [6.45, 7) is 0.830. The Morgan fingerprint density at radius 3 is 2.69 bits per heavy atom. The zero-order chi connectivity index (χ0) is 17.9. The fourth-order valence-corrected chi connectivity index (χ4v) is 3.84. The van der Waals surface area contributed by atoms with Crippen LogP contribution in [-0.4, -0.2) is 22.5 Å². The largest absolute Gasteiger partial charge is 0.508 e. The summed E-state index contributed by atoms with van der Waals surface area (Å²) in [7, 11) is 0. The molecule has 1 aromatic carbocycles. The van der Waals surface area contributed by atoms with Gasteiger partial charge < -0.3 is 26.5 Å². The minimum atomic E-state index is 0.310. The normalized spacial score (nSPS) is 24.0. The number of benzene rings is 1. The van der Waals surface area contributed by atoms with Crippen molar-refractivity contribution in [1.29, 1.82) is 0 Å². The second-order valence-electron chi connectivity index (χ2n) is 7.07. The van der Waals surface area contributed by atoms with Gasteiger partial charge in [0.15, 0.2) is 0 Å². The fraction of sp³-hybridized carbons (Fsp3) is 0.350. The second-order valence-corrected chi connectivity index (χ2v) is 7.07. The number of phenols is 1. The average molecular weight is 351 g/mol. The van der Waals surface area contributed by atoms with Gasteiger partial charge in [0.25, 0.3) is 0 Å². The molecule has 6 heteroatoms. The molecule has 2 heterocycles. The van der Waals surface area contributed by atoms with Crippen molar-refractivity contribution in [2.75, 3.05) is 0 Å². The van der Waals surface area contributed by atoms with Crippen LogP contribution < -0.4 is 16.4 Å². The monoisotopic (exact) mass is 351 g/mol. The third-order valence-electron chi connectivity index (χ3n) is 5.38. The summed E-state index contributed by atoms with van der Waals surface area (Å²) in [6, 6.07) is 9.92. The molecule has 0 saturated heterocycles. The van der Waals surface area contributed by atoms with E-state index < -0.39 is 0 Å². The van der Waals surface area contributed by atoms with Gasteiger partial charge in [-0.2, -0.15) is 0 Å². The Hall–Kier alpha value is -2.73. The smallest absolute Gasteiger partial charge is 0.141 e. The number of hydrogen-bond donors (Lipinski definition) is 5. The maximum Gasteiger partial charge on any atom is 0.141 e. The lowest BCUT2D eigenvalue weighted by atomic mass is 9.83. The zero-order valence-electron chi connectivity index (χ0n) is 14.7. The summed E-state index contributed by atoms with van der Waals surface area (Å²) in [5.41, 5.74) is 10.7. The van der Waals surface area contributed by atoms with Crippen molar-refractivity contribution >= 4 is 17.9 Å². The first kappa shape index (κ1) is 16.7. The molecule has 1 aromatic heterocycles. The molecule has 1 saturated carbocycles. The van der Waals surface area contributed by atoms with Crippen LogP contribution in [0.2, 0.25) is 0 Å². The highest BCUT2D eigenvalue weighted by Crippen LogP contribution is 2.34. The van der Waals surface area contributed by atoms with Crippen molar-refractivity contribution in [3.8, 4) is 5.75 Å². The molecule has 26 heavy (non-hydrogen) atoms. The third-order valence-corrected chi connectivity index (χ3v) is 5.38. The van der Waals surface area contributed by atoms with Crippen LogP contribution in [0.1, 0.15) is 36.8 Å². The Morgan fingerprint density at radius 1 is 1.15 bits per heavy atom. The van der Waals surface area contributed by atoms with Crippen LogP contribution in [0.25, 0.3) is 5.70 Å². The summed E-state index contributed by atoms with van der Waals surface area (Å²) < 4.78 is 0. The first-order valence-electron chi connectivity index (χ1n) is 9.18. The lowest BCUT2D eigenvalue weighted by Gasteiger charge is -2.31. The van der Waals surface area contributed by atoms with E-state index in [0.717, 1.165) is 55.0 Å². The highest BCUT2D eigenvalue weighted by molar-refractivity contribution is 5.87. The molecule has 6 N–H and O–H groups in total. The Labute approximate surface area is 153 Å². The molecule has 6 nitrogen and oxygen atoms in total. The minimum absolute atomic E-state index is 0.310. The molecule has 136 valence electrons. The Bertz CT molecular complexity index is 813. The minimum Gasteiger partial charge on any atom is -0.508 e. The maximum atomic E-state index is 9.36. The van der Waals surface area contributed by atoms with Crippen LogP contribution in [0.4, 0.5) is 5.82 Å². The molecule has 2 aliphatic rings. The standard InChI is InChI=1S/C20H25N5O/c21-18(19-17-9-10-22-20(17)25-12-24-19)14-3-5-15(6-4-14)23-11-13-1-7-16(26)8-2-13/h1-2,7-10,12,14-15,22-23,26H,3-6,11,21H2,(H,24,25)/b19-18-. The first-order valence-corrected chi connectivity index (χ1v) is 9.18. The number of nitrogens with one attached hydrogen (secondary N) is 3. The van der Waals surface area contributed by atoms with E-state index in [2.05, 4.69) is 20.6 Å². The molecule has 0 atom stereocenters. The number of hydrogen-bond acceptors (Lipinski definition) is 5. The van der Waals surface area contributed by atoms with E-state index in [0.29, 0.717) is 17.7 Å². The molecule has 2 aromatic rings. The number of aromatic nitrogens is 1. The van der Waals surface area contributed by atoms with E-state index in [-0.39, 0.29) is 0 Å². The van der Waals surface area contributed by atoms with Crippen molar-refractivity contribution in [3.05, 3.63) is 53.4 Å². The maximum absolute atomic E-state index is 9.36. The first-order chi connectivity index (χ1) is 12.7. The summed E-state index contributed by atoms with van der Waals surface area (Å²) in [5, 5.41) is 16.2. The number of rotatable bonds is 4. The molecule has 1 aliphatic heterocycles. The van der Waals surface area contributed by atoms with E-state index in [1.807, 2.05) is 24.4 Å². The number of fused-ring (bicyclic) bond motifs is 1. The van der Waals surface area contributed by atoms with Gasteiger partial charge in [-0.15, -0.1) is 0 Å². The molecule has 0 bridgehead atoms. The third kappa shape index (κ3) is 3.46. The van der Waals surface area contributed by atoms with Gasteiger partial charge in [0, 0.05) is 36.0 Å². The van der Waals surface area contributed by atoms with Gasteiger partial charge in [0.2, 0.25) is 0 Å². The van der Waals surface area contributed by atoms with Gasteiger partial charge in [0.05, 0.1) is 12.0 Å². The zero-order valence-corrected chi connectivity index (χ0v) is 14.7. The number of aromatic hydroxyl groups is 1. The number of nitrogens with two attached hydrogens (primary N) is 1. The molecule has 0 amide bonds. The molecule has 4 rings (SSSR count). The van der Waals surface area contributed by atoms with Crippen molar-refractivity contribution in [1.82, 2.24) is 15.6 Å². The summed E-state index contributed by atoms with van der Waals surface area (Å²) in [4.78, 5) is 7.43. The quantitative estimate of drug-likeness (QED) is 0.585. The predicted octanol–water partition coefficient (Wildman–Crippen LogP) is 2.96. The van der Waals surface area contributed by atoms with Crippen molar-refractivity contribution < 1.29 is 5.11 Å². The van der Waals surface area contributed by atoms with Gasteiger partial charge in [0.1, 0.15) is 11.6 Å². The Morgan fingerprint density at radius 2 is 1.92 bits per heavy atom.